The fourth-order valence-corrected chi connectivity index (χ4v) is 6.08. The third-order valence-corrected chi connectivity index (χ3v) is 8.56. The van der Waals surface area contributed by atoms with Crippen molar-refractivity contribution >= 4 is 15.9 Å². The first kappa shape index (κ1) is 26.6. The highest BCUT2D eigenvalue weighted by molar-refractivity contribution is 7.89. The zero-order valence-corrected chi connectivity index (χ0v) is 21.9. The smallest absolute Gasteiger partial charge is 0.247 e. The Morgan fingerprint density at radius 1 is 1.16 bits per heavy atom. The molecule has 4 rings (SSSR count). The highest BCUT2D eigenvalue weighted by Crippen LogP contribution is 2.36. The molecule has 1 aromatic carbocycles. The molecule has 1 N–H and O–H groups in total. The molecule has 0 fully saturated rings. The van der Waals surface area contributed by atoms with Crippen molar-refractivity contribution in [1.82, 2.24) is 24.2 Å². The van der Waals surface area contributed by atoms with E-state index in [4.69, 9.17) is 4.74 Å². The number of aliphatic hydroxyl groups excluding tert-OH is 1. The third-order valence-electron chi connectivity index (χ3n) is 6.55. The van der Waals surface area contributed by atoms with Gasteiger partial charge in [-0.05, 0) is 42.3 Å². The van der Waals surface area contributed by atoms with Gasteiger partial charge in [0.25, 0.3) is 0 Å². The number of nitrogens with zero attached hydrogens (tertiary/aromatic N) is 5. The Balaban J connectivity index is 1.69. The zero-order chi connectivity index (χ0) is 26.6. The number of aromatic nitrogens is 3. The Morgan fingerprint density at radius 2 is 1.86 bits per heavy atom. The monoisotopic (exact) mass is 525 g/mol. The summed E-state index contributed by atoms with van der Waals surface area (Å²) in [5.74, 6) is -0.187. The summed E-state index contributed by atoms with van der Waals surface area (Å²) in [5.41, 5.74) is 2.26. The van der Waals surface area contributed by atoms with Gasteiger partial charge >= 0.3 is 0 Å². The summed E-state index contributed by atoms with van der Waals surface area (Å²) in [6.45, 7) is 3.62. The Kier molecular flexibility index (Phi) is 8.16. The van der Waals surface area contributed by atoms with Crippen LogP contribution in [0, 0.1) is 5.92 Å². The zero-order valence-electron chi connectivity index (χ0n) is 21.1. The Morgan fingerprint density at radius 3 is 2.54 bits per heavy atom. The van der Waals surface area contributed by atoms with Gasteiger partial charge in [-0.15, -0.1) is 0 Å². The molecule has 3 atom stereocenters. The van der Waals surface area contributed by atoms with E-state index in [9.17, 15) is 18.3 Å². The van der Waals surface area contributed by atoms with Crippen LogP contribution in [0.25, 0.3) is 11.1 Å². The van der Waals surface area contributed by atoms with E-state index < -0.39 is 22.2 Å². The van der Waals surface area contributed by atoms with Crippen LogP contribution in [-0.4, -0.2) is 82.5 Å². The van der Waals surface area contributed by atoms with Crippen LogP contribution in [0.4, 0.5) is 0 Å². The van der Waals surface area contributed by atoms with Crippen LogP contribution < -0.4 is 4.74 Å². The minimum absolute atomic E-state index is 0.0102. The van der Waals surface area contributed by atoms with E-state index in [1.165, 1.54) is 16.7 Å². The number of carbonyl (C=O) groups is 1. The SMILES string of the molecule is C[C@@H]1CN([C@H](C)CO)S(=O)(=O)c2ccc(-c3cncnc3)cc2O[C@H]1CN(C)C(=O)Cc1ccncc1. The summed E-state index contributed by atoms with van der Waals surface area (Å²) in [5, 5.41) is 9.82. The van der Waals surface area contributed by atoms with Gasteiger partial charge in [0, 0.05) is 55.9 Å². The topological polar surface area (TPSA) is 126 Å². The number of rotatable bonds is 7. The van der Waals surface area contributed by atoms with E-state index in [0.717, 1.165) is 5.56 Å². The molecule has 0 unspecified atom stereocenters. The number of likely N-dealkylation sites (N-methyl/N-ethyl adjacent to an activating group) is 1. The first-order chi connectivity index (χ1) is 17.7. The lowest BCUT2D eigenvalue weighted by Gasteiger charge is -2.37. The van der Waals surface area contributed by atoms with Gasteiger partial charge in [-0.1, -0.05) is 13.0 Å². The van der Waals surface area contributed by atoms with Crippen LogP contribution in [0.3, 0.4) is 0 Å². The van der Waals surface area contributed by atoms with Gasteiger partial charge in [0.05, 0.1) is 19.6 Å². The molecule has 0 radical (unpaired) electrons. The molecule has 1 amide bonds. The normalized spacial score (nSPS) is 20.1. The fourth-order valence-electron chi connectivity index (χ4n) is 4.25. The number of aliphatic hydroxyl groups is 1. The van der Waals surface area contributed by atoms with E-state index in [1.807, 2.05) is 6.92 Å². The molecule has 37 heavy (non-hydrogen) atoms. The van der Waals surface area contributed by atoms with E-state index in [-0.39, 0.29) is 48.6 Å². The molecule has 1 aliphatic heterocycles. The molecule has 2 aromatic heterocycles. The lowest BCUT2D eigenvalue weighted by Crippen LogP contribution is -2.50. The van der Waals surface area contributed by atoms with Crippen LogP contribution in [0.2, 0.25) is 0 Å². The van der Waals surface area contributed by atoms with Crippen LogP contribution >= 0.6 is 0 Å². The minimum atomic E-state index is -3.96. The maximum atomic E-state index is 13.7. The van der Waals surface area contributed by atoms with Crippen LogP contribution in [0.1, 0.15) is 19.4 Å². The van der Waals surface area contributed by atoms with E-state index >= 15 is 0 Å². The van der Waals surface area contributed by atoms with Gasteiger partial charge in [0.2, 0.25) is 15.9 Å². The van der Waals surface area contributed by atoms with E-state index in [1.54, 1.807) is 67.9 Å². The molecule has 1 aliphatic rings. The molecular weight excluding hydrogens is 494 g/mol. The van der Waals surface area contributed by atoms with Gasteiger partial charge in [0.1, 0.15) is 23.1 Å². The van der Waals surface area contributed by atoms with Crippen LogP contribution in [0.5, 0.6) is 5.75 Å². The molecule has 10 nitrogen and oxygen atoms in total. The van der Waals surface area contributed by atoms with Gasteiger partial charge in [-0.3, -0.25) is 9.78 Å². The molecule has 0 saturated heterocycles. The average Bonchev–Trinajstić information content (AvgIpc) is 2.91. The molecule has 196 valence electrons. The lowest BCUT2D eigenvalue weighted by molar-refractivity contribution is -0.130. The molecule has 3 aromatic rings. The number of hydrogen-bond donors (Lipinski definition) is 1. The maximum Gasteiger partial charge on any atom is 0.247 e. The molecule has 3 heterocycles. The molecular formula is C26H31N5O5S. The highest BCUT2D eigenvalue weighted by Gasteiger charge is 2.38. The van der Waals surface area contributed by atoms with E-state index in [0.29, 0.717) is 11.1 Å². The largest absolute Gasteiger partial charge is 0.487 e. The third kappa shape index (κ3) is 5.95. The van der Waals surface area contributed by atoms with Crippen molar-refractivity contribution in [3.63, 3.8) is 0 Å². The standard InChI is InChI=1S/C26H31N5O5S/c1-18-14-31(19(2)16-32)37(34,35)25-5-4-21(22-12-28-17-29-13-22)11-23(25)36-24(18)15-30(3)26(33)10-20-6-8-27-9-7-20/h4-9,11-13,17-19,24,32H,10,14-16H2,1-3H3/t18-,19-,24+/m1/s1. The van der Waals surface area contributed by atoms with Crippen molar-refractivity contribution in [3.05, 3.63) is 67.0 Å². The first-order valence-corrected chi connectivity index (χ1v) is 13.5. The van der Waals surface area contributed by atoms with Crippen molar-refractivity contribution in [1.29, 1.82) is 0 Å². The maximum absolute atomic E-state index is 13.7. The molecule has 0 spiro atoms. The Labute approximate surface area is 217 Å². The summed E-state index contributed by atoms with van der Waals surface area (Å²) >= 11 is 0. The highest BCUT2D eigenvalue weighted by atomic mass is 32.2. The lowest BCUT2D eigenvalue weighted by atomic mass is 10.0. The van der Waals surface area contributed by atoms with Crippen LogP contribution in [0.15, 0.2) is 66.3 Å². The summed E-state index contributed by atoms with van der Waals surface area (Å²) in [4.78, 5) is 26.6. The summed E-state index contributed by atoms with van der Waals surface area (Å²) in [7, 11) is -2.25. The number of pyridine rings is 1. The summed E-state index contributed by atoms with van der Waals surface area (Å²) in [6.07, 6.45) is 7.70. The predicted molar refractivity (Wildman–Crippen MR) is 137 cm³/mol. The number of ether oxygens (including phenoxy) is 1. The molecule has 0 saturated carbocycles. The second kappa shape index (κ2) is 11.3. The number of amides is 1. The van der Waals surface area contributed by atoms with Gasteiger partial charge in [-0.2, -0.15) is 4.31 Å². The fraction of sp³-hybridized carbons (Fsp3) is 0.385. The van der Waals surface area contributed by atoms with Crippen LogP contribution in [-0.2, 0) is 21.2 Å². The summed E-state index contributed by atoms with van der Waals surface area (Å²) < 4.78 is 35.0. The quantitative estimate of drug-likeness (QED) is 0.497. The molecule has 0 bridgehead atoms. The second-order valence-corrected chi connectivity index (χ2v) is 11.2. The first-order valence-electron chi connectivity index (χ1n) is 12.0. The van der Waals surface area contributed by atoms with Gasteiger partial charge < -0.3 is 14.7 Å². The number of benzene rings is 1. The van der Waals surface area contributed by atoms with E-state index in [2.05, 4.69) is 15.0 Å². The Bertz CT molecular complexity index is 1320. The number of carbonyl (C=O) groups excluding carboxylic acids is 1. The van der Waals surface area contributed by atoms with Crippen molar-refractivity contribution in [2.75, 3.05) is 26.7 Å². The number of hydrogen-bond acceptors (Lipinski definition) is 8. The Hall–Kier alpha value is -3.41. The van der Waals surface area contributed by atoms with Gasteiger partial charge in [0.15, 0.2) is 0 Å². The van der Waals surface area contributed by atoms with Gasteiger partial charge in [-0.25, -0.2) is 18.4 Å². The minimum Gasteiger partial charge on any atom is -0.487 e. The number of fused-ring (bicyclic) bond motifs is 1. The van der Waals surface area contributed by atoms with Crippen molar-refractivity contribution < 1.29 is 23.1 Å². The number of sulfonamides is 1. The average molecular weight is 526 g/mol. The summed E-state index contributed by atoms with van der Waals surface area (Å²) in [6, 6.07) is 7.82. The van der Waals surface area contributed by atoms with Crippen molar-refractivity contribution in [3.8, 4) is 16.9 Å². The van der Waals surface area contributed by atoms with Crippen molar-refractivity contribution in [2.45, 2.75) is 37.3 Å². The molecule has 0 aliphatic carbocycles. The second-order valence-electron chi connectivity index (χ2n) is 9.34. The molecule has 11 heteroatoms. The van der Waals surface area contributed by atoms with Crippen molar-refractivity contribution in [2.24, 2.45) is 5.92 Å². The predicted octanol–water partition coefficient (Wildman–Crippen LogP) is 2.01.